The van der Waals surface area contributed by atoms with Gasteiger partial charge in [0.2, 0.25) is 0 Å². The quantitative estimate of drug-likeness (QED) is 0.158. The Morgan fingerprint density at radius 3 is 1.14 bits per heavy atom. The Hall–Kier alpha value is 0.0700. The van der Waals surface area contributed by atoms with Crippen molar-refractivity contribution in [2.45, 2.75) is 19.6 Å². The van der Waals surface area contributed by atoms with Gasteiger partial charge in [-0.15, -0.1) is 0 Å². The topological polar surface area (TPSA) is 138 Å². The Morgan fingerprint density at radius 1 is 0.486 bits per heavy atom. The van der Waals surface area contributed by atoms with Crippen LogP contribution in [-0.4, -0.2) is 87.6 Å². The van der Waals surface area contributed by atoms with Gasteiger partial charge in [0.1, 0.15) is 0 Å². The molecular weight excluding hydrogens is 591 g/mol. The Labute approximate surface area is 276 Å². The number of rotatable bonds is 8. The summed E-state index contributed by atoms with van der Waals surface area (Å²) < 4.78 is 43.0. The second kappa shape index (κ2) is 18.4. The summed E-state index contributed by atoms with van der Waals surface area (Å²) in [5.74, 6) is 0. The number of hydrogen-bond acceptors (Lipinski definition) is 5. The zero-order valence-corrected chi connectivity index (χ0v) is 28.1. The third-order valence-corrected chi connectivity index (χ3v) is 10.1. The predicted molar refractivity (Wildman–Crippen MR) is 160 cm³/mol. The first-order chi connectivity index (χ1) is 16.1. The van der Waals surface area contributed by atoms with Gasteiger partial charge in [0.15, 0.2) is 22.2 Å². The second-order valence-corrected chi connectivity index (χ2v) is 12.6. The van der Waals surface area contributed by atoms with Gasteiger partial charge in [-0.1, -0.05) is 72.8 Å². The van der Waals surface area contributed by atoms with Crippen molar-refractivity contribution in [1.82, 2.24) is 0 Å². The van der Waals surface area contributed by atoms with Crippen LogP contribution < -0.4 is 0 Å². The Kier molecular flexibility index (Phi) is 18.5. The summed E-state index contributed by atoms with van der Waals surface area (Å²) in [6.45, 7) is 0. The molecule has 186 valence electrons. The maximum Gasteiger partial charge on any atom is 0.187 e. The molecule has 6 N–H and O–H groups in total. The molecule has 0 aliphatic carbocycles. The molecule has 2 radical (unpaired) electrons. The summed E-state index contributed by atoms with van der Waals surface area (Å²) in [5.41, 5.74) is 3.24. The summed E-state index contributed by atoms with van der Waals surface area (Å²) in [4.78, 5) is 2.70. The molecule has 0 aliphatic heterocycles. The number of hydrogen-bond donors (Lipinski definition) is 2. The SMILES string of the molecule is O.O.O=S(O)c1ccccc1-c1ccccc1SSSc1ccccc1-c1ccccc1S(=O)O.[Na].[Na]. The molecule has 0 aromatic heterocycles. The first-order valence-corrected chi connectivity index (χ1v) is 15.4. The maximum absolute atomic E-state index is 11.8. The fourth-order valence-corrected chi connectivity index (χ4v) is 8.44. The zero-order valence-electron chi connectivity index (χ0n) is 20.0. The van der Waals surface area contributed by atoms with Crippen LogP contribution in [0, 0.1) is 0 Å². The Bertz CT molecular complexity index is 1240. The minimum Gasteiger partial charge on any atom is -0.412 e. The molecule has 0 aliphatic rings. The molecule has 4 aromatic carbocycles. The molecule has 2 atom stereocenters. The first kappa shape index (κ1) is 37.1. The average molecular weight is 613 g/mol. The Morgan fingerprint density at radius 2 is 0.784 bits per heavy atom. The molecule has 4 aromatic rings. The van der Waals surface area contributed by atoms with Crippen molar-refractivity contribution in [1.29, 1.82) is 0 Å². The van der Waals surface area contributed by atoms with E-state index in [0.29, 0.717) is 9.79 Å². The van der Waals surface area contributed by atoms with Gasteiger partial charge in [0, 0.05) is 80.0 Å². The summed E-state index contributed by atoms with van der Waals surface area (Å²) in [6, 6.07) is 29.8. The van der Waals surface area contributed by atoms with Gasteiger partial charge >= 0.3 is 0 Å². The molecule has 0 heterocycles. The van der Waals surface area contributed by atoms with E-state index in [1.165, 1.54) is 0 Å². The van der Waals surface area contributed by atoms with Crippen molar-refractivity contribution in [3.63, 3.8) is 0 Å². The molecule has 0 saturated carbocycles. The summed E-state index contributed by atoms with van der Waals surface area (Å²) in [6.07, 6.45) is 0. The summed E-state index contributed by atoms with van der Waals surface area (Å²) in [5, 5.41) is 0. The van der Waals surface area contributed by atoms with E-state index in [1.54, 1.807) is 55.7 Å². The van der Waals surface area contributed by atoms with E-state index in [-0.39, 0.29) is 70.1 Å². The molecular formula is C24H22Na2O6S5. The van der Waals surface area contributed by atoms with Crippen molar-refractivity contribution >= 4 is 113 Å². The maximum atomic E-state index is 11.8. The first-order valence-electron chi connectivity index (χ1n) is 9.66. The standard InChI is InChI=1S/C24H18O4S5.2Na.2H2O/c25-32(26)23-15-7-3-11-19(23)17-9-1-5-13-21(17)29-31-30-22-14-6-2-10-18(22)20-12-4-8-16-24(20)33(27)28;;;;/h1-16H,(H,25,26)(H,27,28);;;2*1H2. The van der Waals surface area contributed by atoms with Gasteiger partial charge in [0.05, 0.1) is 9.79 Å². The third kappa shape index (κ3) is 9.59. The smallest absolute Gasteiger partial charge is 0.187 e. The molecule has 13 heteroatoms. The van der Waals surface area contributed by atoms with Crippen LogP contribution in [0.2, 0.25) is 0 Å². The molecule has 2 unspecified atom stereocenters. The van der Waals surface area contributed by atoms with E-state index in [2.05, 4.69) is 0 Å². The minimum absolute atomic E-state index is 0. The fourth-order valence-electron chi connectivity index (χ4n) is 3.30. The predicted octanol–water partition coefficient (Wildman–Crippen LogP) is 5.22. The monoisotopic (exact) mass is 612 g/mol. The van der Waals surface area contributed by atoms with Crippen LogP contribution in [0.3, 0.4) is 0 Å². The molecule has 6 nitrogen and oxygen atoms in total. The molecule has 4 rings (SSSR count). The second-order valence-electron chi connectivity index (χ2n) is 6.72. The van der Waals surface area contributed by atoms with Crippen LogP contribution in [0.15, 0.2) is 117 Å². The average Bonchev–Trinajstić information content (AvgIpc) is 2.84. The van der Waals surface area contributed by atoms with E-state index in [1.807, 2.05) is 72.8 Å². The largest absolute Gasteiger partial charge is 0.412 e. The van der Waals surface area contributed by atoms with Crippen LogP contribution in [-0.2, 0) is 22.2 Å². The van der Waals surface area contributed by atoms with Gasteiger partial charge in [-0.25, -0.2) is 8.42 Å². The van der Waals surface area contributed by atoms with Gasteiger partial charge in [-0.05, 0) is 66.8 Å². The van der Waals surface area contributed by atoms with Crippen molar-refractivity contribution in [2.24, 2.45) is 0 Å². The van der Waals surface area contributed by atoms with Crippen LogP contribution >= 0.6 is 31.4 Å². The number of benzene rings is 4. The van der Waals surface area contributed by atoms with Gasteiger partial charge in [0.25, 0.3) is 0 Å². The van der Waals surface area contributed by atoms with E-state index in [0.717, 1.165) is 32.0 Å². The molecule has 0 amide bonds. The summed E-state index contributed by atoms with van der Waals surface area (Å²) >= 11 is -4.16. The Balaban J connectivity index is 0.00000324. The van der Waals surface area contributed by atoms with E-state index < -0.39 is 22.2 Å². The van der Waals surface area contributed by atoms with Crippen LogP contribution in [0.1, 0.15) is 0 Å². The van der Waals surface area contributed by atoms with Crippen molar-refractivity contribution in [3.05, 3.63) is 97.1 Å². The van der Waals surface area contributed by atoms with Gasteiger partial charge < -0.3 is 20.1 Å². The molecule has 0 saturated heterocycles. The van der Waals surface area contributed by atoms with Gasteiger partial charge in [-0.3, -0.25) is 0 Å². The van der Waals surface area contributed by atoms with Crippen molar-refractivity contribution in [3.8, 4) is 22.3 Å². The minimum atomic E-state index is -2.08. The molecule has 0 bridgehead atoms. The van der Waals surface area contributed by atoms with E-state index in [9.17, 15) is 17.5 Å². The molecule has 0 fully saturated rings. The van der Waals surface area contributed by atoms with E-state index >= 15 is 0 Å². The fraction of sp³-hybridized carbons (Fsp3) is 0. The van der Waals surface area contributed by atoms with Crippen molar-refractivity contribution in [2.75, 3.05) is 0 Å². The van der Waals surface area contributed by atoms with Crippen molar-refractivity contribution < 1.29 is 28.5 Å². The van der Waals surface area contributed by atoms with Gasteiger partial charge in [-0.2, -0.15) is 0 Å². The third-order valence-electron chi connectivity index (χ3n) is 4.75. The van der Waals surface area contributed by atoms with Crippen LogP contribution in [0.4, 0.5) is 0 Å². The van der Waals surface area contributed by atoms with Crippen LogP contribution in [0.5, 0.6) is 0 Å². The molecule has 37 heavy (non-hydrogen) atoms. The van der Waals surface area contributed by atoms with Crippen LogP contribution in [0.25, 0.3) is 22.3 Å². The normalized spacial score (nSPS) is 11.5. The van der Waals surface area contributed by atoms with E-state index in [4.69, 9.17) is 0 Å². The molecule has 0 spiro atoms. The zero-order chi connectivity index (χ0) is 23.2. The summed E-state index contributed by atoms with van der Waals surface area (Å²) in [7, 11) is 4.68.